The summed E-state index contributed by atoms with van der Waals surface area (Å²) in [5, 5.41) is 19.7. The van der Waals surface area contributed by atoms with Crippen LogP contribution < -0.4 is 0 Å². The fourth-order valence-corrected chi connectivity index (χ4v) is 3.12. The lowest BCUT2D eigenvalue weighted by molar-refractivity contribution is 0.0535. The average Bonchev–Trinajstić information content (AvgIpc) is 2.62. The van der Waals surface area contributed by atoms with Crippen molar-refractivity contribution in [1.29, 1.82) is 0 Å². The van der Waals surface area contributed by atoms with Crippen molar-refractivity contribution in [3.63, 3.8) is 0 Å². The SMILES string of the molecule is O=C(c1cc(O)cc(O)c1)N1CCN(C(=O)c2ccc(Cl)c(Cl)c2)CC1. The predicted octanol–water partition coefficient (Wildman–Crippen LogP) is 3.00. The van der Waals surface area contributed by atoms with Crippen molar-refractivity contribution in [3.8, 4) is 11.5 Å². The van der Waals surface area contributed by atoms with Crippen LogP contribution in [0.15, 0.2) is 36.4 Å². The molecule has 1 saturated heterocycles. The summed E-state index contributed by atoms with van der Waals surface area (Å²) in [6.07, 6.45) is 0. The topological polar surface area (TPSA) is 81.1 Å². The van der Waals surface area contributed by atoms with Crippen LogP contribution in [0.25, 0.3) is 0 Å². The van der Waals surface area contributed by atoms with E-state index in [-0.39, 0.29) is 28.9 Å². The summed E-state index contributed by atoms with van der Waals surface area (Å²) in [5.41, 5.74) is 0.642. The highest BCUT2D eigenvalue weighted by Gasteiger charge is 2.26. The number of hydrogen-bond acceptors (Lipinski definition) is 4. The van der Waals surface area contributed by atoms with Crippen LogP contribution in [-0.2, 0) is 0 Å². The lowest BCUT2D eigenvalue weighted by Gasteiger charge is -2.35. The van der Waals surface area contributed by atoms with Crippen LogP contribution in [0.2, 0.25) is 10.0 Å². The highest BCUT2D eigenvalue weighted by Crippen LogP contribution is 2.24. The van der Waals surface area contributed by atoms with Gasteiger partial charge in [-0.2, -0.15) is 0 Å². The first kappa shape index (κ1) is 18.4. The van der Waals surface area contributed by atoms with Gasteiger partial charge in [-0.05, 0) is 30.3 Å². The van der Waals surface area contributed by atoms with Gasteiger partial charge in [-0.3, -0.25) is 9.59 Å². The van der Waals surface area contributed by atoms with Crippen molar-refractivity contribution in [2.45, 2.75) is 0 Å². The van der Waals surface area contributed by atoms with Crippen LogP contribution in [-0.4, -0.2) is 58.0 Å². The highest BCUT2D eigenvalue weighted by molar-refractivity contribution is 6.42. The Morgan fingerprint density at radius 1 is 0.731 bits per heavy atom. The molecule has 0 saturated carbocycles. The number of amides is 2. The molecule has 0 aliphatic carbocycles. The molecule has 8 heteroatoms. The third-order valence-corrected chi connectivity index (χ3v) is 4.91. The first-order valence-corrected chi connectivity index (χ1v) is 8.67. The highest BCUT2D eigenvalue weighted by atomic mass is 35.5. The summed E-state index contributed by atoms with van der Waals surface area (Å²) in [7, 11) is 0. The van der Waals surface area contributed by atoms with E-state index in [1.807, 2.05) is 0 Å². The third-order valence-electron chi connectivity index (χ3n) is 4.17. The van der Waals surface area contributed by atoms with Gasteiger partial charge < -0.3 is 20.0 Å². The van der Waals surface area contributed by atoms with E-state index < -0.39 is 0 Å². The molecule has 0 radical (unpaired) electrons. The summed E-state index contributed by atoms with van der Waals surface area (Å²) < 4.78 is 0. The molecule has 2 aromatic rings. The van der Waals surface area contributed by atoms with Gasteiger partial charge in [-0.1, -0.05) is 23.2 Å². The van der Waals surface area contributed by atoms with E-state index in [0.29, 0.717) is 41.8 Å². The molecule has 2 amide bonds. The maximum atomic E-state index is 12.6. The lowest BCUT2D eigenvalue weighted by atomic mass is 10.1. The maximum Gasteiger partial charge on any atom is 0.254 e. The van der Waals surface area contributed by atoms with Gasteiger partial charge in [-0.15, -0.1) is 0 Å². The number of hydrogen-bond donors (Lipinski definition) is 2. The average molecular weight is 395 g/mol. The number of benzene rings is 2. The predicted molar refractivity (Wildman–Crippen MR) is 98.0 cm³/mol. The monoisotopic (exact) mass is 394 g/mol. The Bertz CT molecular complexity index is 844. The molecule has 0 spiro atoms. The van der Waals surface area contributed by atoms with Crippen molar-refractivity contribution in [2.24, 2.45) is 0 Å². The quantitative estimate of drug-likeness (QED) is 0.819. The van der Waals surface area contributed by atoms with Crippen LogP contribution in [0.3, 0.4) is 0 Å². The summed E-state index contributed by atoms with van der Waals surface area (Å²) in [6, 6.07) is 8.48. The van der Waals surface area contributed by atoms with E-state index in [0.717, 1.165) is 6.07 Å². The number of rotatable bonds is 2. The summed E-state index contributed by atoms with van der Waals surface area (Å²) in [4.78, 5) is 28.3. The van der Waals surface area contributed by atoms with Crippen LogP contribution in [0.5, 0.6) is 11.5 Å². The van der Waals surface area contributed by atoms with Gasteiger partial charge in [0, 0.05) is 43.4 Å². The molecule has 2 aromatic carbocycles. The van der Waals surface area contributed by atoms with E-state index in [1.54, 1.807) is 21.9 Å². The second-order valence-corrected chi connectivity index (χ2v) is 6.77. The van der Waals surface area contributed by atoms with Gasteiger partial charge in [0.15, 0.2) is 0 Å². The molecule has 26 heavy (non-hydrogen) atoms. The third kappa shape index (κ3) is 3.86. The van der Waals surface area contributed by atoms with Gasteiger partial charge >= 0.3 is 0 Å². The van der Waals surface area contributed by atoms with Gasteiger partial charge in [0.25, 0.3) is 11.8 Å². The minimum atomic E-state index is -0.308. The molecule has 2 N–H and O–H groups in total. The zero-order valence-electron chi connectivity index (χ0n) is 13.7. The molecule has 0 aromatic heterocycles. The largest absolute Gasteiger partial charge is 0.508 e. The van der Waals surface area contributed by atoms with E-state index in [9.17, 15) is 19.8 Å². The number of halogens is 2. The molecule has 0 bridgehead atoms. The number of piperazine rings is 1. The standard InChI is InChI=1S/C18H16Cl2N2O4/c19-15-2-1-11(9-16(15)20)17(25)21-3-5-22(6-4-21)18(26)12-7-13(23)10-14(24)8-12/h1-2,7-10,23-24H,3-6H2. The van der Waals surface area contributed by atoms with Crippen LogP contribution in [0, 0.1) is 0 Å². The minimum Gasteiger partial charge on any atom is -0.508 e. The fraction of sp³-hybridized carbons (Fsp3) is 0.222. The molecule has 6 nitrogen and oxygen atoms in total. The van der Waals surface area contributed by atoms with E-state index in [2.05, 4.69) is 0 Å². The summed E-state index contributed by atoms with van der Waals surface area (Å²) >= 11 is 11.8. The van der Waals surface area contributed by atoms with Crippen LogP contribution in [0.1, 0.15) is 20.7 Å². The molecule has 3 rings (SSSR count). The molecular weight excluding hydrogens is 379 g/mol. The van der Waals surface area contributed by atoms with Crippen LogP contribution >= 0.6 is 23.2 Å². The number of nitrogens with zero attached hydrogens (tertiary/aromatic N) is 2. The first-order chi connectivity index (χ1) is 12.3. The number of carbonyl (C=O) groups is 2. The Kier molecular flexibility index (Phi) is 5.25. The molecule has 1 heterocycles. The zero-order valence-corrected chi connectivity index (χ0v) is 15.2. The Labute approximate surface area is 160 Å². The molecular formula is C18H16Cl2N2O4. The van der Waals surface area contributed by atoms with E-state index >= 15 is 0 Å². The van der Waals surface area contributed by atoms with Crippen molar-refractivity contribution in [1.82, 2.24) is 9.80 Å². The Morgan fingerprint density at radius 3 is 1.73 bits per heavy atom. The second-order valence-electron chi connectivity index (χ2n) is 5.95. The number of carbonyl (C=O) groups excluding carboxylic acids is 2. The molecule has 1 fully saturated rings. The zero-order chi connectivity index (χ0) is 18.8. The van der Waals surface area contributed by atoms with Crippen molar-refractivity contribution >= 4 is 35.0 Å². The Morgan fingerprint density at radius 2 is 1.23 bits per heavy atom. The molecule has 0 unspecified atom stereocenters. The number of aromatic hydroxyl groups is 2. The summed E-state index contributed by atoms with van der Waals surface area (Å²) in [5.74, 6) is -0.841. The Hall–Kier alpha value is -2.44. The molecule has 1 aliphatic heterocycles. The smallest absolute Gasteiger partial charge is 0.254 e. The van der Waals surface area contributed by atoms with Crippen molar-refractivity contribution in [3.05, 3.63) is 57.6 Å². The molecule has 136 valence electrons. The number of phenolic OH excluding ortho intramolecular Hbond substituents is 2. The van der Waals surface area contributed by atoms with Gasteiger partial charge in [0.1, 0.15) is 11.5 Å². The van der Waals surface area contributed by atoms with Crippen molar-refractivity contribution in [2.75, 3.05) is 26.2 Å². The number of phenols is 2. The Balaban J connectivity index is 1.65. The maximum absolute atomic E-state index is 12.6. The van der Waals surface area contributed by atoms with Crippen LogP contribution in [0.4, 0.5) is 0 Å². The molecule has 1 aliphatic rings. The van der Waals surface area contributed by atoms with E-state index in [4.69, 9.17) is 23.2 Å². The normalized spacial score (nSPS) is 14.4. The van der Waals surface area contributed by atoms with Gasteiger partial charge in [0.2, 0.25) is 0 Å². The summed E-state index contributed by atoms with van der Waals surface area (Å²) in [6.45, 7) is 1.44. The van der Waals surface area contributed by atoms with Gasteiger partial charge in [0.05, 0.1) is 10.0 Å². The van der Waals surface area contributed by atoms with Crippen molar-refractivity contribution < 1.29 is 19.8 Å². The minimum absolute atomic E-state index is 0.175. The second kappa shape index (κ2) is 7.43. The van der Waals surface area contributed by atoms with E-state index in [1.165, 1.54) is 18.2 Å². The fourth-order valence-electron chi connectivity index (χ4n) is 2.83. The molecule has 0 atom stereocenters. The first-order valence-electron chi connectivity index (χ1n) is 7.92. The van der Waals surface area contributed by atoms with Gasteiger partial charge in [-0.25, -0.2) is 0 Å². The lowest BCUT2D eigenvalue weighted by Crippen LogP contribution is -2.50.